The SMILES string of the molecule is CCC(OC)OCc1ccc(CCl)cc1. The Labute approximate surface area is 96.2 Å². The summed E-state index contributed by atoms with van der Waals surface area (Å²) in [5.41, 5.74) is 2.26. The summed E-state index contributed by atoms with van der Waals surface area (Å²) in [6.45, 7) is 2.61. The van der Waals surface area contributed by atoms with E-state index in [0.717, 1.165) is 17.5 Å². The van der Waals surface area contributed by atoms with Crippen molar-refractivity contribution in [3.63, 3.8) is 0 Å². The summed E-state index contributed by atoms with van der Waals surface area (Å²) in [4.78, 5) is 0. The summed E-state index contributed by atoms with van der Waals surface area (Å²) in [6.07, 6.45) is 0.744. The highest BCUT2D eigenvalue weighted by Gasteiger charge is 2.03. The van der Waals surface area contributed by atoms with Crippen molar-refractivity contribution >= 4 is 11.6 Å². The summed E-state index contributed by atoms with van der Waals surface area (Å²) in [5, 5.41) is 0. The van der Waals surface area contributed by atoms with E-state index in [-0.39, 0.29) is 6.29 Å². The Hall–Kier alpha value is -0.570. The minimum absolute atomic E-state index is 0.113. The normalized spacial score (nSPS) is 12.7. The molecule has 3 heteroatoms. The highest BCUT2D eigenvalue weighted by molar-refractivity contribution is 6.17. The average Bonchev–Trinajstić information content (AvgIpc) is 2.31. The van der Waals surface area contributed by atoms with Crippen molar-refractivity contribution in [1.82, 2.24) is 0 Å². The minimum atomic E-state index is -0.113. The fraction of sp³-hybridized carbons (Fsp3) is 0.500. The number of ether oxygens (including phenoxy) is 2. The van der Waals surface area contributed by atoms with Gasteiger partial charge in [0.05, 0.1) is 6.61 Å². The monoisotopic (exact) mass is 228 g/mol. The Kier molecular flexibility index (Phi) is 5.69. The molecule has 0 bridgehead atoms. The Morgan fingerprint density at radius 3 is 2.27 bits per heavy atom. The first-order valence-corrected chi connectivity index (χ1v) is 5.61. The second-order valence-electron chi connectivity index (χ2n) is 3.33. The van der Waals surface area contributed by atoms with Gasteiger partial charge >= 0.3 is 0 Å². The van der Waals surface area contributed by atoms with E-state index in [1.54, 1.807) is 7.11 Å². The van der Waals surface area contributed by atoms with Gasteiger partial charge in [-0.3, -0.25) is 0 Å². The topological polar surface area (TPSA) is 18.5 Å². The van der Waals surface area contributed by atoms with Crippen molar-refractivity contribution in [3.8, 4) is 0 Å². The predicted molar refractivity (Wildman–Crippen MR) is 61.9 cm³/mol. The van der Waals surface area contributed by atoms with Gasteiger partial charge in [0, 0.05) is 13.0 Å². The van der Waals surface area contributed by atoms with Gasteiger partial charge in [-0.2, -0.15) is 0 Å². The van der Waals surface area contributed by atoms with E-state index >= 15 is 0 Å². The molecule has 0 heterocycles. The van der Waals surface area contributed by atoms with Crippen LogP contribution in [0.1, 0.15) is 24.5 Å². The van der Waals surface area contributed by atoms with Crippen LogP contribution in [-0.4, -0.2) is 13.4 Å². The van der Waals surface area contributed by atoms with Crippen molar-refractivity contribution in [3.05, 3.63) is 35.4 Å². The molecule has 1 aromatic carbocycles. The van der Waals surface area contributed by atoms with Gasteiger partial charge in [-0.05, 0) is 17.5 Å². The molecule has 84 valence electrons. The van der Waals surface area contributed by atoms with E-state index < -0.39 is 0 Å². The van der Waals surface area contributed by atoms with E-state index in [1.165, 1.54) is 0 Å². The molecule has 0 N–H and O–H groups in total. The maximum absolute atomic E-state index is 5.70. The number of hydrogen-bond acceptors (Lipinski definition) is 2. The van der Waals surface area contributed by atoms with Crippen molar-refractivity contribution in [2.75, 3.05) is 7.11 Å². The predicted octanol–water partition coefficient (Wildman–Crippen LogP) is 3.32. The Morgan fingerprint density at radius 1 is 1.20 bits per heavy atom. The minimum Gasteiger partial charge on any atom is -0.356 e. The first-order chi connectivity index (χ1) is 7.30. The summed E-state index contributed by atoms with van der Waals surface area (Å²) >= 11 is 5.70. The fourth-order valence-corrected chi connectivity index (χ4v) is 1.44. The molecular formula is C12H17ClO2. The van der Waals surface area contributed by atoms with Gasteiger partial charge in [0.2, 0.25) is 0 Å². The molecule has 0 aliphatic rings. The summed E-state index contributed by atoms with van der Waals surface area (Å²) < 4.78 is 10.7. The van der Waals surface area contributed by atoms with E-state index in [9.17, 15) is 0 Å². The lowest BCUT2D eigenvalue weighted by Crippen LogP contribution is -2.13. The van der Waals surface area contributed by atoms with Crippen LogP contribution in [0.4, 0.5) is 0 Å². The summed E-state index contributed by atoms with van der Waals surface area (Å²) in [5.74, 6) is 0.552. The molecule has 0 amide bonds. The molecule has 0 aliphatic heterocycles. The first-order valence-electron chi connectivity index (χ1n) is 5.08. The van der Waals surface area contributed by atoms with Crippen LogP contribution in [-0.2, 0) is 22.0 Å². The van der Waals surface area contributed by atoms with E-state index in [1.807, 2.05) is 31.2 Å². The molecule has 1 atom stereocenters. The highest BCUT2D eigenvalue weighted by atomic mass is 35.5. The number of halogens is 1. The molecule has 2 nitrogen and oxygen atoms in total. The van der Waals surface area contributed by atoms with Crippen LogP contribution in [0.5, 0.6) is 0 Å². The molecule has 0 radical (unpaired) electrons. The quantitative estimate of drug-likeness (QED) is 0.549. The van der Waals surface area contributed by atoms with Crippen LogP contribution in [0, 0.1) is 0 Å². The molecular weight excluding hydrogens is 212 g/mol. The van der Waals surface area contributed by atoms with E-state index in [4.69, 9.17) is 21.1 Å². The largest absolute Gasteiger partial charge is 0.356 e. The Balaban J connectivity index is 2.43. The molecule has 1 rings (SSSR count). The average molecular weight is 229 g/mol. The van der Waals surface area contributed by atoms with Crippen LogP contribution in [0.3, 0.4) is 0 Å². The maximum Gasteiger partial charge on any atom is 0.157 e. The number of methoxy groups -OCH3 is 1. The number of alkyl halides is 1. The lowest BCUT2D eigenvalue weighted by Gasteiger charge is -2.14. The zero-order valence-corrected chi connectivity index (χ0v) is 9.96. The molecule has 1 unspecified atom stereocenters. The van der Waals surface area contributed by atoms with Gasteiger partial charge in [0.15, 0.2) is 6.29 Å². The third-order valence-electron chi connectivity index (χ3n) is 2.21. The zero-order valence-electron chi connectivity index (χ0n) is 9.20. The van der Waals surface area contributed by atoms with E-state index in [0.29, 0.717) is 12.5 Å². The number of hydrogen-bond donors (Lipinski definition) is 0. The van der Waals surface area contributed by atoms with Crippen LogP contribution >= 0.6 is 11.6 Å². The second-order valence-corrected chi connectivity index (χ2v) is 3.60. The molecule has 1 aromatic rings. The molecule has 0 aliphatic carbocycles. The lowest BCUT2D eigenvalue weighted by molar-refractivity contribution is -0.132. The van der Waals surface area contributed by atoms with Crippen molar-refractivity contribution in [1.29, 1.82) is 0 Å². The summed E-state index contributed by atoms with van der Waals surface area (Å²) in [7, 11) is 1.66. The van der Waals surface area contributed by atoms with Crippen molar-refractivity contribution in [2.45, 2.75) is 32.1 Å². The number of rotatable bonds is 6. The van der Waals surface area contributed by atoms with Crippen LogP contribution in [0.15, 0.2) is 24.3 Å². The highest BCUT2D eigenvalue weighted by Crippen LogP contribution is 2.09. The second kappa shape index (κ2) is 6.83. The standard InChI is InChI=1S/C12H17ClO2/c1-3-12(14-2)15-9-11-6-4-10(8-13)5-7-11/h4-7,12H,3,8-9H2,1-2H3. The van der Waals surface area contributed by atoms with Gasteiger partial charge in [-0.1, -0.05) is 31.2 Å². The van der Waals surface area contributed by atoms with Gasteiger partial charge in [0.1, 0.15) is 0 Å². The number of benzene rings is 1. The van der Waals surface area contributed by atoms with Gasteiger partial charge in [0.25, 0.3) is 0 Å². The molecule has 0 saturated heterocycles. The van der Waals surface area contributed by atoms with Gasteiger partial charge in [-0.25, -0.2) is 0 Å². The van der Waals surface area contributed by atoms with Crippen LogP contribution < -0.4 is 0 Å². The van der Waals surface area contributed by atoms with Crippen LogP contribution in [0.25, 0.3) is 0 Å². The molecule has 15 heavy (non-hydrogen) atoms. The zero-order chi connectivity index (χ0) is 11.1. The molecule has 0 fully saturated rings. The smallest absolute Gasteiger partial charge is 0.157 e. The Morgan fingerprint density at radius 2 is 1.80 bits per heavy atom. The van der Waals surface area contributed by atoms with E-state index in [2.05, 4.69) is 0 Å². The third-order valence-corrected chi connectivity index (χ3v) is 2.52. The van der Waals surface area contributed by atoms with Crippen molar-refractivity contribution in [2.24, 2.45) is 0 Å². The van der Waals surface area contributed by atoms with Gasteiger partial charge in [-0.15, -0.1) is 11.6 Å². The fourth-order valence-electron chi connectivity index (χ4n) is 1.27. The van der Waals surface area contributed by atoms with Crippen molar-refractivity contribution < 1.29 is 9.47 Å². The summed E-state index contributed by atoms with van der Waals surface area (Å²) in [6, 6.07) is 8.08. The molecule has 0 spiro atoms. The van der Waals surface area contributed by atoms with Gasteiger partial charge < -0.3 is 9.47 Å². The first kappa shape index (κ1) is 12.5. The Bertz CT molecular complexity index is 267. The molecule has 0 saturated carbocycles. The molecule has 0 aromatic heterocycles. The van der Waals surface area contributed by atoms with Crippen LogP contribution in [0.2, 0.25) is 0 Å². The maximum atomic E-state index is 5.70. The lowest BCUT2D eigenvalue weighted by atomic mass is 10.2. The third kappa shape index (κ3) is 4.20.